The highest BCUT2D eigenvalue weighted by molar-refractivity contribution is 6.40. The van der Waals surface area contributed by atoms with E-state index in [0.29, 0.717) is 32.9 Å². The second-order valence-electron chi connectivity index (χ2n) is 7.25. The van der Waals surface area contributed by atoms with E-state index in [4.69, 9.17) is 34.8 Å². The molecule has 1 amide bonds. The zero-order chi connectivity index (χ0) is 20.4. The molecule has 0 saturated carbocycles. The first-order chi connectivity index (χ1) is 14.0. The van der Waals surface area contributed by atoms with Crippen LogP contribution in [-0.4, -0.2) is 29.7 Å². The zero-order valence-corrected chi connectivity index (χ0v) is 19.2. The van der Waals surface area contributed by atoms with E-state index in [-0.39, 0.29) is 24.4 Å². The Morgan fingerprint density at radius 1 is 0.967 bits per heavy atom. The van der Waals surface area contributed by atoms with Crippen molar-refractivity contribution < 1.29 is 4.79 Å². The van der Waals surface area contributed by atoms with E-state index in [1.807, 2.05) is 35.3 Å². The number of amides is 1. The van der Waals surface area contributed by atoms with Crippen molar-refractivity contribution in [1.82, 2.24) is 10.4 Å². The summed E-state index contributed by atoms with van der Waals surface area (Å²) >= 11 is 18.6. The van der Waals surface area contributed by atoms with Gasteiger partial charge in [0.25, 0.3) is 5.91 Å². The molecule has 30 heavy (non-hydrogen) atoms. The van der Waals surface area contributed by atoms with Crippen LogP contribution in [0.25, 0.3) is 0 Å². The van der Waals surface area contributed by atoms with Crippen LogP contribution in [-0.2, 0) is 4.79 Å². The maximum atomic E-state index is 12.9. The Hall–Kier alpha value is -1.50. The molecule has 2 aliphatic heterocycles. The van der Waals surface area contributed by atoms with Gasteiger partial charge in [0.15, 0.2) is 0 Å². The fraction of sp³-hybridized carbons (Fsp3) is 0.333. The molecule has 0 unspecified atom stereocenters. The van der Waals surface area contributed by atoms with Crippen molar-refractivity contribution in [2.24, 2.45) is 5.10 Å². The van der Waals surface area contributed by atoms with Crippen molar-refractivity contribution in [2.75, 3.05) is 18.1 Å². The summed E-state index contributed by atoms with van der Waals surface area (Å²) < 4.78 is 0. The fourth-order valence-corrected chi connectivity index (χ4v) is 4.32. The third-order valence-electron chi connectivity index (χ3n) is 5.20. The number of carbonyl (C=O) groups is 1. The van der Waals surface area contributed by atoms with Crippen LogP contribution in [0.2, 0.25) is 15.1 Å². The summed E-state index contributed by atoms with van der Waals surface area (Å²) in [5.74, 6) is -0.168. The van der Waals surface area contributed by atoms with Gasteiger partial charge in [-0.1, -0.05) is 53.4 Å². The summed E-state index contributed by atoms with van der Waals surface area (Å²) in [6, 6.07) is 12.7. The molecule has 1 fully saturated rings. The first-order valence-corrected chi connectivity index (χ1v) is 10.8. The number of hydrazone groups is 1. The molecule has 0 aliphatic carbocycles. The van der Waals surface area contributed by atoms with E-state index in [1.165, 1.54) is 6.42 Å². The average Bonchev–Trinajstić information content (AvgIpc) is 3.14. The number of hydrogen-bond donors (Lipinski definition) is 1. The molecule has 1 N–H and O–H groups in total. The number of nitrogens with one attached hydrogen (secondary N) is 1. The van der Waals surface area contributed by atoms with Gasteiger partial charge < -0.3 is 0 Å². The minimum absolute atomic E-state index is 0. The molecule has 2 aliphatic rings. The lowest BCUT2D eigenvalue weighted by molar-refractivity contribution is -0.119. The van der Waals surface area contributed by atoms with Crippen LogP contribution in [0.5, 0.6) is 0 Å². The molecule has 5 nitrogen and oxygen atoms in total. The number of rotatable bonds is 4. The highest BCUT2D eigenvalue weighted by Gasteiger charge is 2.34. The van der Waals surface area contributed by atoms with Gasteiger partial charge in [0.1, 0.15) is 5.71 Å². The predicted molar refractivity (Wildman–Crippen MR) is 126 cm³/mol. The molecule has 4 rings (SSSR count). The Kier molecular flexibility index (Phi) is 7.88. The van der Waals surface area contributed by atoms with E-state index in [9.17, 15) is 4.79 Å². The highest BCUT2D eigenvalue weighted by Crippen LogP contribution is 2.39. The Labute approximate surface area is 197 Å². The van der Waals surface area contributed by atoms with Gasteiger partial charge >= 0.3 is 0 Å². The number of benzene rings is 2. The number of anilines is 1. The van der Waals surface area contributed by atoms with E-state index >= 15 is 0 Å². The van der Waals surface area contributed by atoms with Gasteiger partial charge in [0.05, 0.1) is 16.8 Å². The minimum atomic E-state index is -0.168. The maximum Gasteiger partial charge on any atom is 0.281 e. The topological polar surface area (TPSA) is 47.9 Å². The lowest BCUT2D eigenvalue weighted by Crippen LogP contribution is -2.47. The Morgan fingerprint density at radius 2 is 1.63 bits per heavy atom. The number of halogens is 4. The SMILES string of the molecule is Cl.O=C(NN1CCCCC1)C1=NN(c2ccc(Cl)cc2Cl)[C@@H](c2ccc(Cl)cc2)C1. The standard InChI is InChI=1S/C21H21Cl3N4O.ClH/c22-15-6-4-14(5-7-15)20-13-18(21(29)26-27-10-2-1-3-11-27)25-28(20)19-9-8-16(23)12-17(19)24;/h4-9,12,20H,1-3,10-11,13H2,(H,26,29);1H/t20-;/m1./s1. The first kappa shape index (κ1) is 23.2. The predicted octanol–water partition coefficient (Wildman–Crippen LogP) is 5.89. The summed E-state index contributed by atoms with van der Waals surface area (Å²) in [5.41, 5.74) is 5.18. The van der Waals surface area contributed by atoms with Gasteiger partial charge in [-0.05, 0) is 48.7 Å². The molecule has 1 atom stereocenters. The molecule has 0 spiro atoms. The van der Waals surface area contributed by atoms with Gasteiger partial charge in [-0.3, -0.25) is 15.2 Å². The van der Waals surface area contributed by atoms with Crippen LogP contribution < -0.4 is 10.4 Å². The van der Waals surface area contributed by atoms with Gasteiger partial charge in [-0.2, -0.15) is 5.10 Å². The smallest absolute Gasteiger partial charge is 0.281 e. The maximum absolute atomic E-state index is 12.9. The molecule has 2 aromatic rings. The van der Waals surface area contributed by atoms with Crippen LogP contribution in [0.1, 0.15) is 37.3 Å². The summed E-state index contributed by atoms with van der Waals surface area (Å²) in [6.45, 7) is 1.73. The van der Waals surface area contributed by atoms with Crippen molar-refractivity contribution in [1.29, 1.82) is 0 Å². The lowest BCUT2D eigenvalue weighted by Gasteiger charge is -2.26. The Morgan fingerprint density at radius 3 is 2.30 bits per heavy atom. The summed E-state index contributed by atoms with van der Waals surface area (Å²) in [7, 11) is 0. The quantitative estimate of drug-likeness (QED) is 0.584. The van der Waals surface area contributed by atoms with Gasteiger partial charge in [-0.15, -0.1) is 12.4 Å². The molecular weight excluding hydrogens is 466 g/mol. The molecule has 1 saturated heterocycles. The molecular formula is C21H22Cl4N4O. The first-order valence-electron chi connectivity index (χ1n) is 9.64. The normalized spacial score (nSPS) is 19.2. The van der Waals surface area contributed by atoms with Crippen molar-refractivity contribution >= 4 is 64.5 Å². The van der Waals surface area contributed by atoms with Crippen molar-refractivity contribution in [3.8, 4) is 0 Å². The van der Waals surface area contributed by atoms with E-state index in [2.05, 4.69) is 10.5 Å². The third-order valence-corrected chi connectivity index (χ3v) is 5.99. The number of hydrogen-bond acceptors (Lipinski definition) is 4. The lowest BCUT2D eigenvalue weighted by atomic mass is 10.0. The largest absolute Gasteiger partial charge is 0.284 e. The summed E-state index contributed by atoms with van der Waals surface area (Å²) in [6.07, 6.45) is 3.86. The van der Waals surface area contributed by atoms with E-state index in [0.717, 1.165) is 31.5 Å². The molecule has 160 valence electrons. The second-order valence-corrected chi connectivity index (χ2v) is 8.53. The van der Waals surface area contributed by atoms with Crippen LogP contribution in [0, 0.1) is 0 Å². The van der Waals surface area contributed by atoms with E-state index in [1.54, 1.807) is 17.1 Å². The van der Waals surface area contributed by atoms with Crippen molar-refractivity contribution in [3.05, 3.63) is 63.1 Å². The van der Waals surface area contributed by atoms with Gasteiger partial charge in [0.2, 0.25) is 0 Å². The number of carbonyl (C=O) groups excluding carboxylic acids is 1. The highest BCUT2D eigenvalue weighted by atomic mass is 35.5. The van der Waals surface area contributed by atoms with Crippen LogP contribution in [0.3, 0.4) is 0 Å². The zero-order valence-electron chi connectivity index (χ0n) is 16.2. The van der Waals surface area contributed by atoms with Gasteiger partial charge in [-0.25, -0.2) is 5.01 Å². The number of piperidine rings is 1. The molecule has 2 heterocycles. The van der Waals surface area contributed by atoms with Crippen molar-refractivity contribution in [3.63, 3.8) is 0 Å². The number of hydrazine groups is 1. The van der Waals surface area contributed by atoms with E-state index < -0.39 is 0 Å². The second kappa shape index (κ2) is 10.2. The number of nitrogens with zero attached hydrogens (tertiary/aromatic N) is 3. The fourth-order valence-electron chi connectivity index (χ4n) is 3.69. The van der Waals surface area contributed by atoms with Crippen LogP contribution >= 0.6 is 47.2 Å². The summed E-state index contributed by atoms with van der Waals surface area (Å²) in [5, 5.41) is 10.1. The van der Waals surface area contributed by atoms with Crippen LogP contribution in [0.4, 0.5) is 5.69 Å². The molecule has 9 heteroatoms. The molecule has 0 aromatic heterocycles. The van der Waals surface area contributed by atoms with Gasteiger partial charge in [0, 0.05) is 29.6 Å². The Bertz CT molecular complexity index is 929. The molecule has 0 radical (unpaired) electrons. The monoisotopic (exact) mass is 486 g/mol. The average molecular weight is 488 g/mol. The van der Waals surface area contributed by atoms with Crippen molar-refractivity contribution in [2.45, 2.75) is 31.7 Å². The summed E-state index contributed by atoms with van der Waals surface area (Å²) in [4.78, 5) is 12.9. The third kappa shape index (κ3) is 5.21. The molecule has 2 aromatic carbocycles. The van der Waals surface area contributed by atoms with Crippen LogP contribution in [0.15, 0.2) is 47.6 Å². The minimum Gasteiger partial charge on any atom is -0.284 e. The Balaban J connectivity index is 0.00000256. The molecule has 0 bridgehead atoms.